The minimum atomic E-state index is 0.500. The highest BCUT2D eigenvalue weighted by Gasteiger charge is 1.98. The molecule has 1 aromatic heterocycles. The minimum absolute atomic E-state index is 0.500. The molecule has 0 radical (unpaired) electrons. The second kappa shape index (κ2) is 2.94. The Labute approximate surface area is 62.9 Å². The lowest BCUT2D eigenvalue weighted by molar-refractivity contribution is 0.413. The Morgan fingerprint density at radius 2 is 2.56 bits per heavy atom. The summed E-state index contributed by atoms with van der Waals surface area (Å²) in [5.74, 6) is 0.534. The zero-order chi connectivity index (χ0) is 6.69. The molecule has 0 atom stereocenters. The largest absolute Gasteiger partial charge is 0.355 e. The third-order valence-electron chi connectivity index (χ3n) is 0.778. The van der Waals surface area contributed by atoms with E-state index in [0.717, 1.165) is 0 Å². The van der Waals surface area contributed by atoms with Gasteiger partial charge in [0.2, 0.25) is 0 Å². The van der Waals surface area contributed by atoms with Crippen LogP contribution in [-0.2, 0) is 0 Å². The van der Waals surface area contributed by atoms with E-state index < -0.39 is 0 Å². The van der Waals surface area contributed by atoms with Crippen molar-refractivity contribution in [3.63, 3.8) is 0 Å². The molecule has 1 heterocycles. The molecule has 0 aliphatic rings. The highest BCUT2D eigenvalue weighted by molar-refractivity contribution is 7.83. The summed E-state index contributed by atoms with van der Waals surface area (Å²) in [6.45, 7) is 0. The second-order valence-electron chi connectivity index (χ2n) is 1.35. The van der Waals surface area contributed by atoms with Crippen LogP contribution < -0.4 is 0 Å². The molecule has 0 aliphatic carbocycles. The van der Waals surface area contributed by atoms with E-state index in [0.29, 0.717) is 10.8 Å². The first-order chi connectivity index (χ1) is 4.34. The Balaban J connectivity index is 2.94. The van der Waals surface area contributed by atoms with E-state index in [2.05, 4.69) is 22.3 Å². The van der Waals surface area contributed by atoms with Crippen molar-refractivity contribution in [3.8, 4) is 0 Å². The van der Waals surface area contributed by atoms with Crippen LogP contribution in [0.1, 0.15) is 5.76 Å². The average Bonchev–Trinajstić information content (AvgIpc) is 2.18. The van der Waals surface area contributed by atoms with Gasteiger partial charge in [0.25, 0.3) is 0 Å². The predicted octanol–water partition coefficient (Wildman–Crippen LogP) is 2.23. The van der Waals surface area contributed by atoms with Crippen LogP contribution in [-0.4, -0.2) is 5.16 Å². The number of rotatable bonds is 1. The normalized spacial score (nSPS) is 10.9. The molecule has 0 aliphatic heterocycles. The molecule has 0 saturated heterocycles. The van der Waals surface area contributed by atoms with E-state index in [1.165, 1.54) is 11.6 Å². The van der Waals surface area contributed by atoms with Crippen LogP contribution in [0, 0.1) is 0 Å². The van der Waals surface area contributed by atoms with Crippen LogP contribution in [0.2, 0.25) is 5.02 Å². The van der Waals surface area contributed by atoms with Gasteiger partial charge in [0.15, 0.2) is 5.76 Å². The van der Waals surface area contributed by atoms with Gasteiger partial charge in [0, 0.05) is 0 Å². The fourth-order valence-electron chi connectivity index (χ4n) is 0.414. The van der Waals surface area contributed by atoms with Crippen molar-refractivity contribution in [3.05, 3.63) is 22.4 Å². The summed E-state index contributed by atoms with van der Waals surface area (Å²) in [5.41, 5.74) is 0. The Morgan fingerprint density at radius 3 is 3.00 bits per heavy atom. The summed E-state index contributed by atoms with van der Waals surface area (Å²) in [7, 11) is 0. The lowest BCUT2D eigenvalue weighted by Gasteiger charge is -1.78. The van der Waals surface area contributed by atoms with Crippen molar-refractivity contribution in [1.82, 2.24) is 5.16 Å². The quantitative estimate of drug-likeness (QED) is 0.640. The topological polar surface area (TPSA) is 26.0 Å². The van der Waals surface area contributed by atoms with E-state index in [9.17, 15) is 0 Å². The monoisotopic (exact) mass is 161 g/mol. The maximum atomic E-state index is 5.58. The Bertz CT molecular complexity index is 220. The first-order valence-electron chi connectivity index (χ1n) is 2.25. The standard InChI is InChI=1S/C5H4ClNOS/c6-4-3-7-8-5(4)1-2-9/h1-3,9H/b2-1+. The van der Waals surface area contributed by atoms with Gasteiger partial charge in [0.05, 0.1) is 6.20 Å². The van der Waals surface area contributed by atoms with Crippen LogP contribution in [0.4, 0.5) is 0 Å². The molecule has 9 heavy (non-hydrogen) atoms. The van der Waals surface area contributed by atoms with E-state index in [1.54, 1.807) is 6.08 Å². The Kier molecular flexibility index (Phi) is 2.19. The maximum absolute atomic E-state index is 5.58. The summed E-state index contributed by atoms with van der Waals surface area (Å²) < 4.78 is 4.69. The molecule has 0 unspecified atom stereocenters. The number of hydrogen-bond donors (Lipinski definition) is 1. The van der Waals surface area contributed by atoms with E-state index in [1.807, 2.05) is 0 Å². The van der Waals surface area contributed by atoms with Crippen molar-refractivity contribution in [2.75, 3.05) is 0 Å². The fourth-order valence-corrected chi connectivity index (χ4v) is 0.687. The molecule has 48 valence electrons. The molecule has 0 fully saturated rings. The van der Waals surface area contributed by atoms with Gasteiger partial charge in [-0.1, -0.05) is 16.8 Å². The number of hydrogen-bond acceptors (Lipinski definition) is 3. The molecular weight excluding hydrogens is 158 g/mol. The van der Waals surface area contributed by atoms with Crippen molar-refractivity contribution in [2.24, 2.45) is 0 Å². The molecule has 1 aromatic rings. The van der Waals surface area contributed by atoms with Gasteiger partial charge < -0.3 is 4.52 Å². The molecule has 1 rings (SSSR count). The van der Waals surface area contributed by atoms with Crippen molar-refractivity contribution < 1.29 is 4.52 Å². The smallest absolute Gasteiger partial charge is 0.178 e. The van der Waals surface area contributed by atoms with Crippen molar-refractivity contribution in [1.29, 1.82) is 0 Å². The number of thiol groups is 1. The van der Waals surface area contributed by atoms with Crippen molar-refractivity contribution >= 4 is 30.3 Å². The molecule has 0 N–H and O–H groups in total. The Hall–Kier alpha value is -0.410. The highest BCUT2D eigenvalue weighted by Crippen LogP contribution is 2.15. The highest BCUT2D eigenvalue weighted by atomic mass is 35.5. The van der Waals surface area contributed by atoms with Gasteiger partial charge in [0.1, 0.15) is 5.02 Å². The first-order valence-corrected chi connectivity index (χ1v) is 3.15. The molecule has 0 spiro atoms. The summed E-state index contributed by atoms with van der Waals surface area (Å²) in [6.07, 6.45) is 3.06. The van der Waals surface area contributed by atoms with Gasteiger partial charge in [-0.25, -0.2) is 0 Å². The SMILES string of the molecule is S/C=C/c1oncc1Cl. The van der Waals surface area contributed by atoms with E-state index in [4.69, 9.17) is 11.6 Å². The predicted molar refractivity (Wildman–Crippen MR) is 39.5 cm³/mol. The van der Waals surface area contributed by atoms with Crippen molar-refractivity contribution in [2.45, 2.75) is 0 Å². The zero-order valence-corrected chi connectivity index (χ0v) is 6.06. The lowest BCUT2D eigenvalue weighted by Crippen LogP contribution is -1.59. The van der Waals surface area contributed by atoms with Gasteiger partial charge >= 0.3 is 0 Å². The van der Waals surface area contributed by atoms with Crippen LogP contribution >= 0.6 is 24.2 Å². The van der Waals surface area contributed by atoms with Crippen LogP contribution in [0.3, 0.4) is 0 Å². The summed E-state index contributed by atoms with van der Waals surface area (Å²) >= 11 is 9.40. The maximum Gasteiger partial charge on any atom is 0.178 e. The third kappa shape index (κ3) is 1.50. The molecular formula is C5H4ClNOS. The number of nitrogens with zero attached hydrogens (tertiary/aromatic N) is 1. The number of aromatic nitrogens is 1. The molecule has 0 saturated carbocycles. The van der Waals surface area contributed by atoms with Crippen LogP contribution in [0.25, 0.3) is 6.08 Å². The second-order valence-corrected chi connectivity index (χ2v) is 2.06. The molecule has 4 heteroatoms. The third-order valence-corrected chi connectivity index (χ3v) is 1.21. The first kappa shape index (κ1) is 6.71. The van der Waals surface area contributed by atoms with Gasteiger partial charge in [-0.3, -0.25) is 0 Å². The molecule has 0 bridgehead atoms. The Morgan fingerprint density at radius 1 is 1.78 bits per heavy atom. The summed E-state index contributed by atoms with van der Waals surface area (Å²) in [4.78, 5) is 0. The lowest BCUT2D eigenvalue weighted by atomic mass is 10.5. The van der Waals surface area contributed by atoms with Gasteiger partial charge in [-0.2, -0.15) is 12.6 Å². The fraction of sp³-hybridized carbons (Fsp3) is 0. The zero-order valence-electron chi connectivity index (χ0n) is 4.41. The van der Waals surface area contributed by atoms with Gasteiger partial charge in [-0.05, 0) is 11.5 Å². The molecule has 0 aromatic carbocycles. The molecule has 0 amide bonds. The average molecular weight is 162 g/mol. The molecule has 2 nitrogen and oxygen atoms in total. The minimum Gasteiger partial charge on any atom is -0.355 e. The van der Waals surface area contributed by atoms with E-state index >= 15 is 0 Å². The van der Waals surface area contributed by atoms with E-state index in [-0.39, 0.29) is 0 Å². The van der Waals surface area contributed by atoms with Crippen LogP contribution in [0.5, 0.6) is 0 Å². The summed E-state index contributed by atoms with van der Waals surface area (Å²) in [5, 5.41) is 5.48. The van der Waals surface area contributed by atoms with Crippen LogP contribution in [0.15, 0.2) is 16.1 Å². The summed E-state index contributed by atoms with van der Waals surface area (Å²) in [6, 6.07) is 0. The van der Waals surface area contributed by atoms with Gasteiger partial charge in [-0.15, -0.1) is 0 Å². The number of halogens is 1.